The molecule has 142 valence electrons. The third-order valence-corrected chi connectivity index (χ3v) is 5.08. The molecule has 0 unspecified atom stereocenters. The molecule has 0 radical (unpaired) electrons. The minimum Gasteiger partial charge on any atom is -0.385 e. The number of fused-ring (bicyclic) bond motifs is 1. The van der Waals surface area contributed by atoms with Gasteiger partial charge in [-0.3, -0.25) is 9.78 Å². The second-order valence-corrected chi connectivity index (χ2v) is 6.94. The summed E-state index contributed by atoms with van der Waals surface area (Å²) in [6, 6.07) is 18.6. The second kappa shape index (κ2) is 8.21. The number of pyridine rings is 1. The van der Waals surface area contributed by atoms with Gasteiger partial charge in [-0.15, -0.1) is 0 Å². The van der Waals surface area contributed by atoms with E-state index in [1.54, 1.807) is 24.4 Å². The summed E-state index contributed by atoms with van der Waals surface area (Å²) in [5.41, 5.74) is 4.42. The van der Waals surface area contributed by atoms with Gasteiger partial charge in [-0.2, -0.15) is 0 Å². The van der Waals surface area contributed by atoms with E-state index in [1.165, 1.54) is 17.2 Å². The Morgan fingerprint density at radius 1 is 1.07 bits per heavy atom. The first-order chi connectivity index (χ1) is 13.7. The maximum atomic E-state index is 13.7. The smallest absolute Gasteiger partial charge is 0.272 e. The molecule has 0 saturated heterocycles. The fourth-order valence-corrected chi connectivity index (χ4v) is 3.53. The van der Waals surface area contributed by atoms with Gasteiger partial charge in [-0.1, -0.05) is 42.5 Å². The van der Waals surface area contributed by atoms with Crippen LogP contribution >= 0.6 is 0 Å². The lowest BCUT2D eigenvalue weighted by Crippen LogP contribution is -2.36. The fraction of sp³-hybridized carbons (Fsp3) is 0.217. The molecule has 0 fully saturated rings. The third kappa shape index (κ3) is 4.03. The van der Waals surface area contributed by atoms with Crippen molar-refractivity contribution in [1.82, 2.24) is 9.88 Å². The minimum atomic E-state index is -0.194. The van der Waals surface area contributed by atoms with Crippen molar-refractivity contribution in [2.45, 2.75) is 19.4 Å². The summed E-state index contributed by atoms with van der Waals surface area (Å²) < 4.78 is 13.7. The van der Waals surface area contributed by atoms with E-state index in [1.807, 2.05) is 29.2 Å². The van der Waals surface area contributed by atoms with E-state index < -0.39 is 0 Å². The highest BCUT2D eigenvalue weighted by Gasteiger charge is 2.22. The van der Waals surface area contributed by atoms with Crippen LogP contribution in [0.5, 0.6) is 0 Å². The van der Waals surface area contributed by atoms with Crippen LogP contribution in [0.2, 0.25) is 0 Å². The molecule has 1 amide bonds. The molecule has 5 heteroatoms. The Morgan fingerprint density at radius 2 is 1.86 bits per heavy atom. The van der Waals surface area contributed by atoms with Crippen molar-refractivity contribution in [2.24, 2.45) is 0 Å². The van der Waals surface area contributed by atoms with E-state index >= 15 is 0 Å². The minimum absolute atomic E-state index is 0.0627. The lowest BCUT2D eigenvalue weighted by molar-refractivity contribution is 0.0729. The number of carbonyl (C=O) groups is 1. The molecular weight excluding hydrogens is 353 g/mol. The van der Waals surface area contributed by atoms with Gasteiger partial charge in [0.2, 0.25) is 0 Å². The maximum absolute atomic E-state index is 13.7. The molecular formula is C23H22FN3O. The summed E-state index contributed by atoms with van der Waals surface area (Å²) in [6.45, 7) is 1.89. The van der Waals surface area contributed by atoms with Crippen LogP contribution in [0, 0.1) is 5.82 Å². The molecule has 0 spiro atoms. The first-order valence-electron chi connectivity index (χ1n) is 9.50. The Kier molecular flexibility index (Phi) is 5.33. The van der Waals surface area contributed by atoms with Gasteiger partial charge in [0.1, 0.15) is 11.5 Å². The predicted octanol–water partition coefficient (Wildman–Crippen LogP) is 4.07. The second-order valence-electron chi connectivity index (χ2n) is 6.94. The Hall–Kier alpha value is -3.21. The predicted molar refractivity (Wildman–Crippen MR) is 108 cm³/mol. The van der Waals surface area contributed by atoms with Gasteiger partial charge in [-0.05, 0) is 47.7 Å². The highest BCUT2D eigenvalue weighted by molar-refractivity contribution is 5.93. The lowest BCUT2D eigenvalue weighted by Gasteiger charge is -2.28. The number of amides is 1. The Balaban J connectivity index is 1.39. The highest BCUT2D eigenvalue weighted by Crippen LogP contribution is 2.20. The average molecular weight is 375 g/mol. The normalized spacial score (nSPS) is 13.1. The van der Waals surface area contributed by atoms with Crippen molar-refractivity contribution in [3.05, 3.63) is 95.1 Å². The Bertz CT molecular complexity index is 989. The van der Waals surface area contributed by atoms with Gasteiger partial charge in [0.25, 0.3) is 5.91 Å². The zero-order valence-electron chi connectivity index (χ0n) is 15.6. The Morgan fingerprint density at radius 3 is 2.71 bits per heavy atom. The van der Waals surface area contributed by atoms with Crippen LogP contribution in [0.15, 0.2) is 66.9 Å². The molecule has 1 aromatic heterocycles. The average Bonchev–Trinajstić information content (AvgIpc) is 2.74. The molecule has 1 N–H and O–H groups in total. The quantitative estimate of drug-likeness (QED) is 0.731. The number of benzene rings is 2. The van der Waals surface area contributed by atoms with Gasteiger partial charge < -0.3 is 10.2 Å². The summed E-state index contributed by atoms with van der Waals surface area (Å²) in [7, 11) is 0. The van der Waals surface area contributed by atoms with E-state index in [9.17, 15) is 9.18 Å². The van der Waals surface area contributed by atoms with E-state index in [2.05, 4.69) is 22.4 Å². The van der Waals surface area contributed by atoms with Gasteiger partial charge in [0.05, 0.1) is 0 Å². The van der Waals surface area contributed by atoms with Crippen LogP contribution in [-0.4, -0.2) is 28.9 Å². The molecule has 2 aromatic carbocycles. The van der Waals surface area contributed by atoms with Crippen LogP contribution in [-0.2, 0) is 19.4 Å². The first kappa shape index (κ1) is 18.2. The number of anilines is 1. The highest BCUT2D eigenvalue weighted by atomic mass is 19.1. The van der Waals surface area contributed by atoms with Crippen LogP contribution in [0.1, 0.15) is 27.2 Å². The topological polar surface area (TPSA) is 45.2 Å². The summed E-state index contributed by atoms with van der Waals surface area (Å²) in [6.07, 6.45) is 3.07. The van der Waals surface area contributed by atoms with Crippen molar-refractivity contribution < 1.29 is 9.18 Å². The maximum Gasteiger partial charge on any atom is 0.272 e. The number of hydrogen-bond donors (Lipinski definition) is 1. The number of nitrogens with one attached hydrogen (secondary N) is 1. The number of aromatic nitrogens is 1. The van der Waals surface area contributed by atoms with Crippen molar-refractivity contribution in [2.75, 3.05) is 18.4 Å². The van der Waals surface area contributed by atoms with Crippen LogP contribution in [0.4, 0.5) is 10.1 Å². The SMILES string of the molecule is O=C(c1cc(NCCc2ccccc2F)ccn1)N1CCc2ccccc2C1. The van der Waals surface area contributed by atoms with Gasteiger partial charge in [0, 0.05) is 31.5 Å². The van der Waals surface area contributed by atoms with Crippen LogP contribution in [0.25, 0.3) is 0 Å². The van der Waals surface area contributed by atoms with Gasteiger partial charge >= 0.3 is 0 Å². The summed E-state index contributed by atoms with van der Waals surface area (Å²) in [5.74, 6) is -0.257. The molecule has 4 nitrogen and oxygen atoms in total. The number of rotatable bonds is 5. The fourth-order valence-electron chi connectivity index (χ4n) is 3.53. The molecule has 1 aliphatic rings. The molecule has 0 aliphatic carbocycles. The Labute approximate surface area is 164 Å². The molecule has 0 atom stereocenters. The monoisotopic (exact) mass is 375 g/mol. The first-order valence-corrected chi connectivity index (χ1v) is 9.50. The van der Waals surface area contributed by atoms with E-state index in [-0.39, 0.29) is 11.7 Å². The number of halogens is 1. The molecule has 0 saturated carbocycles. The van der Waals surface area contributed by atoms with Crippen molar-refractivity contribution >= 4 is 11.6 Å². The third-order valence-electron chi connectivity index (χ3n) is 5.08. The zero-order valence-corrected chi connectivity index (χ0v) is 15.6. The summed E-state index contributed by atoms with van der Waals surface area (Å²) in [4.78, 5) is 19.0. The van der Waals surface area contributed by atoms with Crippen molar-refractivity contribution in [1.29, 1.82) is 0 Å². The largest absolute Gasteiger partial charge is 0.385 e. The van der Waals surface area contributed by atoms with Crippen molar-refractivity contribution in [3.8, 4) is 0 Å². The molecule has 0 bridgehead atoms. The molecule has 4 rings (SSSR count). The van der Waals surface area contributed by atoms with Crippen molar-refractivity contribution in [3.63, 3.8) is 0 Å². The molecule has 1 aliphatic heterocycles. The summed E-state index contributed by atoms with van der Waals surface area (Å²) in [5, 5.41) is 3.26. The zero-order chi connectivity index (χ0) is 19.3. The van der Waals surface area contributed by atoms with E-state index in [0.29, 0.717) is 37.3 Å². The van der Waals surface area contributed by atoms with Gasteiger partial charge in [-0.25, -0.2) is 4.39 Å². The lowest BCUT2D eigenvalue weighted by atomic mass is 10.00. The van der Waals surface area contributed by atoms with Gasteiger partial charge in [0.15, 0.2) is 0 Å². The molecule has 28 heavy (non-hydrogen) atoms. The number of nitrogens with zero attached hydrogens (tertiary/aromatic N) is 2. The van der Waals surface area contributed by atoms with E-state index in [0.717, 1.165) is 12.1 Å². The standard InChI is InChI=1S/C23H22FN3O/c24-21-8-4-3-6-18(21)9-12-25-20-10-13-26-22(15-20)23(28)27-14-11-17-5-1-2-7-19(17)16-27/h1-8,10,13,15H,9,11-12,14,16H2,(H,25,26). The van der Waals surface area contributed by atoms with Crippen LogP contribution in [0.3, 0.4) is 0 Å². The number of carbonyl (C=O) groups excluding carboxylic acids is 1. The number of hydrogen-bond acceptors (Lipinski definition) is 3. The summed E-state index contributed by atoms with van der Waals surface area (Å²) >= 11 is 0. The van der Waals surface area contributed by atoms with E-state index in [4.69, 9.17) is 0 Å². The molecule has 2 heterocycles. The van der Waals surface area contributed by atoms with Crippen LogP contribution < -0.4 is 5.32 Å². The molecule has 3 aromatic rings.